The second-order valence-corrected chi connectivity index (χ2v) is 6.55. The van der Waals surface area contributed by atoms with Gasteiger partial charge in [0.2, 0.25) is 12.2 Å². The fraction of sp³-hybridized carbons (Fsp3) is 0.273. The molecule has 7 nitrogen and oxygen atoms in total. The van der Waals surface area contributed by atoms with Crippen molar-refractivity contribution in [3.8, 4) is 5.75 Å². The molecule has 1 heterocycles. The Morgan fingerprint density at radius 2 is 1.97 bits per heavy atom. The van der Waals surface area contributed by atoms with Gasteiger partial charge in [0.25, 0.3) is 0 Å². The smallest absolute Gasteiger partial charge is 0.305 e. The number of ketones is 1. The van der Waals surface area contributed by atoms with E-state index >= 15 is 0 Å². The SMILES string of the molecule is COC(=O)CCC(C(=O)c1cccc(OCc2ncon2)c1)c1ccccc1C. The van der Waals surface area contributed by atoms with E-state index in [0.29, 0.717) is 23.6 Å². The predicted molar refractivity (Wildman–Crippen MR) is 105 cm³/mol. The quantitative estimate of drug-likeness (QED) is 0.402. The van der Waals surface area contributed by atoms with Gasteiger partial charge in [-0.1, -0.05) is 41.6 Å². The van der Waals surface area contributed by atoms with Crippen LogP contribution in [0.4, 0.5) is 0 Å². The van der Waals surface area contributed by atoms with Crippen molar-refractivity contribution in [2.45, 2.75) is 32.3 Å². The fourth-order valence-electron chi connectivity index (χ4n) is 3.11. The van der Waals surface area contributed by atoms with Crippen LogP contribution < -0.4 is 4.74 Å². The average molecular weight is 394 g/mol. The molecule has 0 amide bonds. The van der Waals surface area contributed by atoms with Gasteiger partial charge in [-0.05, 0) is 36.6 Å². The van der Waals surface area contributed by atoms with Gasteiger partial charge in [0.1, 0.15) is 5.75 Å². The third kappa shape index (κ3) is 5.28. The number of aryl methyl sites for hydroxylation is 1. The lowest BCUT2D eigenvalue weighted by molar-refractivity contribution is -0.140. The summed E-state index contributed by atoms with van der Waals surface area (Å²) in [5, 5.41) is 3.69. The van der Waals surface area contributed by atoms with E-state index in [1.165, 1.54) is 13.5 Å². The number of benzene rings is 2. The molecule has 0 saturated carbocycles. The van der Waals surface area contributed by atoms with E-state index in [4.69, 9.17) is 9.47 Å². The molecule has 0 aliphatic heterocycles. The Morgan fingerprint density at radius 1 is 1.14 bits per heavy atom. The highest BCUT2D eigenvalue weighted by atomic mass is 16.5. The minimum atomic E-state index is -0.456. The van der Waals surface area contributed by atoms with Crippen LogP contribution >= 0.6 is 0 Å². The number of methoxy groups -OCH3 is 1. The van der Waals surface area contributed by atoms with Gasteiger partial charge in [0.05, 0.1) is 7.11 Å². The standard InChI is InChI=1S/C22H22N2O5/c1-15-6-3-4-9-18(15)19(10-11-21(25)27-2)22(26)16-7-5-8-17(12-16)28-13-20-23-14-29-24-20/h3-9,12,14,19H,10-11,13H2,1-2H3. The first-order chi connectivity index (χ1) is 14.1. The van der Waals surface area contributed by atoms with E-state index < -0.39 is 5.92 Å². The molecule has 150 valence electrons. The third-order valence-electron chi connectivity index (χ3n) is 4.64. The molecule has 0 bridgehead atoms. The van der Waals surface area contributed by atoms with Crippen LogP contribution in [0, 0.1) is 6.92 Å². The van der Waals surface area contributed by atoms with E-state index in [9.17, 15) is 9.59 Å². The Labute approximate surface area is 168 Å². The predicted octanol–water partition coefficient (Wildman–Crippen LogP) is 3.88. The van der Waals surface area contributed by atoms with Crippen molar-refractivity contribution in [3.05, 3.63) is 77.4 Å². The zero-order valence-electron chi connectivity index (χ0n) is 16.3. The van der Waals surface area contributed by atoms with Crippen LogP contribution in [0.5, 0.6) is 5.75 Å². The van der Waals surface area contributed by atoms with Crippen molar-refractivity contribution < 1.29 is 23.6 Å². The van der Waals surface area contributed by atoms with Crippen LogP contribution in [0.1, 0.15) is 46.1 Å². The van der Waals surface area contributed by atoms with Crippen molar-refractivity contribution in [2.24, 2.45) is 0 Å². The van der Waals surface area contributed by atoms with Gasteiger partial charge in [-0.2, -0.15) is 4.98 Å². The van der Waals surface area contributed by atoms with Crippen LogP contribution in [0.3, 0.4) is 0 Å². The highest BCUT2D eigenvalue weighted by Gasteiger charge is 2.25. The topological polar surface area (TPSA) is 91.5 Å². The first kappa shape index (κ1) is 20.3. The largest absolute Gasteiger partial charge is 0.485 e. The van der Waals surface area contributed by atoms with Crippen LogP contribution in [0.25, 0.3) is 0 Å². The molecule has 0 radical (unpaired) electrons. The van der Waals surface area contributed by atoms with Gasteiger partial charge in [0.15, 0.2) is 12.4 Å². The monoisotopic (exact) mass is 394 g/mol. The average Bonchev–Trinajstić information content (AvgIpc) is 3.27. The Kier molecular flexibility index (Phi) is 6.73. The van der Waals surface area contributed by atoms with Crippen LogP contribution in [-0.4, -0.2) is 29.0 Å². The summed E-state index contributed by atoms with van der Waals surface area (Å²) in [5.74, 6) is 0.0688. The summed E-state index contributed by atoms with van der Waals surface area (Å²) in [5.41, 5.74) is 2.41. The number of Topliss-reactive ketones (excluding diaryl/α,β-unsaturated/α-hetero) is 1. The van der Waals surface area contributed by atoms with Gasteiger partial charge in [-0.15, -0.1) is 0 Å². The Bertz CT molecular complexity index is 969. The molecule has 0 aliphatic rings. The molecule has 0 saturated heterocycles. The summed E-state index contributed by atoms with van der Waals surface area (Å²) < 4.78 is 15.1. The minimum absolute atomic E-state index is 0.0757. The number of aromatic nitrogens is 2. The van der Waals surface area contributed by atoms with Crippen LogP contribution in [0.15, 0.2) is 59.4 Å². The normalized spacial score (nSPS) is 11.7. The molecular weight excluding hydrogens is 372 g/mol. The molecule has 1 aromatic heterocycles. The van der Waals surface area contributed by atoms with E-state index in [1.54, 1.807) is 24.3 Å². The van der Waals surface area contributed by atoms with E-state index in [1.807, 2.05) is 31.2 Å². The van der Waals surface area contributed by atoms with Crippen LogP contribution in [-0.2, 0) is 16.1 Å². The van der Waals surface area contributed by atoms with Crippen molar-refractivity contribution in [1.82, 2.24) is 10.1 Å². The van der Waals surface area contributed by atoms with E-state index in [2.05, 4.69) is 14.7 Å². The molecule has 1 atom stereocenters. The highest BCUT2D eigenvalue weighted by Crippen LogP contribution is 2.29. The van der Waals surface area contributed by atoms with Gasteiger partial charge < -0.3 is 14.0 Å². The maximum atomic E-state index is 13.3. The first-order valence-electron chi connectivity index (χ1n) is 9.23. The van der Waals surface area contributed by atoms with E-state index in [0.717, 1.165) is 11.1 Å². The molecule has 1 unspecified atom stereocenters. The zero-order valence-corrected chi connectivity index (χ0v) is 16.3. The lowest BCUT2D eigenvalue weighted by atomic mass is 9.85. The number of rotatable bonds is 9. The summed E-state index contributed by atoms with van der Waals surface area (Å²) in [4.78, 5) is 28.9. The number of ether oxygens (including phenoxy) is 2. The molecule has 0 N–H and O–H groups in total. The molecule has 2 aromatic carbocycles. The van der Waals surface area contributed by atoms with Crippen LogP contribution in [0.2, 0.25) is 0 Å². The Hall–Kier alpha value is -3.48. The zero-order chi connectivity index (χ0) is 20.6. The fourth-order valence-corrected chi connectivity index (χ4v) is 3.11. The molecular formula is C22H22N2O5. The maximum absolute atomic E-state index is 13.3. The van der Waals surface area contributed by atoms with Gasteiger partial charge in [-0.25, -0.2) is 0 Å². The number of hydrogen-bond donors (Lipinski definition) is 0. The second kappa shape index (κ2) is 9.64. The number of hydrogen-bond acceptors (Lipinski definition) is 7. The maximum Gasteiger partial charge on any atom is 0.305 e. The van der Waals surface area contributed by atoms with Crippen molar-refractivity contribution in [1.29, 1.82) is 0 Å². The summed E-state index contributed by atoms with van der Waals surface area (Å²) in [7, 11) is 1.34. The minimum Gasteiger partial charge on any atom is -0.485 e. The Morgan fingerprint density at radius 3 is 2.69 bits per heavy atom. The van der Waals surface area contributed by atoms with E-state index in [-0.39, 0.29) is 24.8 Å². The Balaban J connectivity index is 1.82. The molecule has 7 heteroatoms. The van der Waals surface area contributed by atoms with Gasteiger partial charge in [-0.3, -0.25) is 9.59 Å². The lowest BCUT2D eigenvalue weighted by Crippen LogP contribution is -2.16. The van der Waals surface area contributed by atoms with Crippen molar-refractivity contribution in [2.75, 3.05) is 7.11 Å². The molecule has 3 rings (SSSR count). The summed E-state index contributed by atoms with van der Waals surface area (Å²) in [6.07, 6.45) is 1.76. The summed E-state index contributed by atoms with van der Waals surface area (Å²) in [6.45, 7) is 2.09. The molecule has 0 fully saturated rings. The number of carbonyl (C=O) groups is 2. The summed E-state index contributed by atoms with van der Waals surface area (Å²) >= 11 is 0. The number of carbonyl (C=O) groups excluding carboxylic acids is 2. The van der Waals surface area contributed by atoms with Gasteiger partial charge in [0, 0.05) is 17.9 Å². The number of esters is 1. The highest BCUT2D eigenvalue weighted by molar-refractivity contribution is 6.01. The lowest BCUT2D eigenvalue weighted by Gasteiger charge is -2.18. The molecule has 0 spiro atoms. The summed E-state index contributed by atoms with van der Waals surface area (Å²) in [6, 6.07) is 14.6. The second-order valence-electron chi connectivity index (χ2n) is 6.55. The molecule has 29 heavy (non-hydrogen) atoms. The molecule has 0 aliphatic carbocycles. The third-order valence-corrected chi connectivity index (χ3v) is 4.64. The van der Waals surface area contributed by atoms with Crippen molar-refractivity contribution >= 4 is 11.8 Å². The molecule has 3 aromatic rings. The van der Waals surface area contributed by atoms with Crippen molar-refractivity contribution in [3.63, 3.8) is 0 Å². The van der Waals surface area contributed by atoms with Gasteiger partial charge >= 0.3 is 5.97 Å². The first-order valence-corrected chi connectivity index (χ1v) is 9.23. The number of nitrogens with zero attached hydrogens (tertiary/aromatic N) is 2.